The molecule has 0 atom stereocenters. The molecule has 0 radical (unpaired) electrons. The molecule has 2 rings (SSSR count). The Morgan fingerprint density at radius 2 is 1.86 bits per heavy atom. The van der Waals surface area contributed by atoms with Gasteiger partial charge in [-0.05, 0) is 30.3 Å². The molecule has 108 valence electrons. The second kappa shape index (κ2) is 7.11. The maximum Gasteiger partial charge on any atom is 0.196 e. The van der Waals surface area contributed by atoms with Gasteiger partial charge in [-0.25, -0.2) is 4.99 Å². The fourth-order valence-corrected chi connectivity index (χ4v) is 1.92. The van der Waals surface area contributed by atoms with Crippen LogP contribution >= 0.6 is 23.2 Å². The minimum absolute atomic E-state index is 0.156. The van der Waals surface area contributed by atoms with Crippen molar-refractivity contribution in [3.8, 4) is 0 Å². The van der Waals surface area contributed by atoms with Gasteiger partial charge >= 0.3 is 0 Å². The molecule has 0 aromatic heterocycles. The average molecular weight is 322 g/mol. The Labute approximate surface area is 132 Å². The summed E-state index contributed by atoms with van der Waals surface area (Å²) in [7, 11) is 0. The lowest BCUT2D eigenvalue weighted by molar-refractivity contribution is -0.111. The van der Waals surface area contributed by atoms with Crippen molar-refractivity contribution in [1.29, 1.82) is 0 Å². The quantitative estimate of drug-likeness (QED) is 0.503. The van der Waals surface area contributed by atoms with Gasteiger partial charge in [0.15, 0.2) is 11.6 Å². The number of amidine groups is 1. The first-order valence-electron chi connectivity index (χ1n) is 6.18. The highest BCUT2D eigenvalue weighted by Gasteiger charge is 2.07. The molecule has 2 aromatic rings. The first kappa shape index (κ1) is 15.4. The predicted molar refractivity (Wildman–Crippen MR) is 87.4 cm³/mol. The summed E-state index contributed by atoms with van der Waals surface area (Å²) in [5, 5.41) is 1.06. The molecule has 0 heterocycles. The van der Waals surface area contributed by atoms with E-state index in [1.165, 1.54) is 6.92 Å². The molecule has 0 saturated carbocycles. The molecule has 0 aliphatic heterocycles. The van der Waals surface area contributed by atoms with Gasteiger partial charge in [0, 0.05) is 11.9 Å². The standard InChI is InChI=1S/C15H13Cl2N3O/c1-10(21)15(18-14-8-3-2-7-13(14)17)20-19-12-6-4-5-11(16)9-12/h2-9,19H,1H3,(H,18,20). The molecule has 4 nitrogen and oxygen atoms in total. The third-order valence-electron chi connectivity index (χ3n) is 2.57. The number of nitrogens with zero attached hydrogens (tertiary/aromatic N) is 1. The number of hydrazine groups is 1. The van der Waals surface area contributed by atoms with Gasteiger partial charge in [-0.1, -0.05) is 41.4 Å². The minimum Gasteiger partial charge on any atom is -0.299 e. The normalized spacial score (nSPS) is 11.1. The molecular weight excluding hydrogens is 309 g/mol. The van der Waals surface area contributed by atoms with Crippen molar-refractivity contribution >= 4 is 46.2 Å². The van der Waals surface area contributed by atoms with E-state index in [1.54, 1.807) is 42.5 Å². The number of carbonyl (C=O) groups is 1. The van der Waals surface area contributed by atoms with Gasteiger partial charge in [0.05, 0.1) is 16.4 Å². The number of aliphatic imine (C=N–C) groups is 1. The number of halogens is 2. The topological polar surface area (TPSA) is 53.5 Å². The number of nitrogens with one attached hydrogen (secondary N) is 2. The summed E-state index contributed by atoms with van der Waals surface area (Å²) in [5.41, 5.74) is 6.89. The Hall–Kier alpha value is -2.04. The van der Waals surface area contributed by atoms with Crippen LogP contribution in [-0.2, 0) is 4.79 Å². The van der Waals surface area contributed by atoms with Crippen LogP contribution in [0.1, 0.15) is 6.92 Å². The van der Waals surface area contributed by atoms with Gasteiger partial charge in [0.2, 0.25) is 0 Å². The molecular formula is C15H13Cl2N3O. The van der Waals surface area contributed by atoms with E-state index in [1.807, 2.05) is 6.07 Å². The number of rotatable bonds is 4. The number of anilines is 1. The summed E-state index contributed by atoms with van der Waals surface area (Å²) in [5.74, 6) is -0.0625. The minimum atomic E-state index is -0.218. The second-order valence-electron chi connectivity index (χ2n) is 4.23. The molecule has 0 bridgehead atoms. The van der Waals surface area contributed by atoms with Gasteiger partial charge in [-0.15, -0.1) is 0 Å². The zero-order valence-corrected chi connectivity index (χ0v) is 12.7. The lowest BCUT2D eigenvalue weighted by Gasteiger charge is -2.10. The molecule has 0 amide bonds. The maximum atomic E-state index is 11.6. The number of ketones is 1. The molecule has 21 heavy (non-hydrogen) atoms. The highest BCUT2D eigenvalue weighted by Crippen LogP contribution is 2.23. The van der Waals surface area contributed by atoms with E-state index >= 15 is 0 Å². The van der Waals surface area contributed by atoms with Crippen molar-refractivity contribution in [3.63, 3.8) is 0 Å². The van der Waals surface area contributed by atoms with Crippen molar-refractivity contribution in [3.05, 3.63) is 58.6 Å². The number of carbonyl (C=O) groups excluding carboxylic acids is 1. The largest absolute Gasteiger partial charge is 0.299 e. The molecule has 6 heteroatoms. The van der Waals surface area contributed by atoms with E-state index in [-0.39, 0.29) is 11.6 Å². The number of Topliss-reactive ketones (excluding diaryl/α,β-unsaturated/α-hetero) is 1. The predicted octanol–water partition coefficient (Wildman–Crippen LogP) is 4.23. The van der Waals surface area contributed by atoms with Crippen LogP contribution in [0.5, 0.6) is 0 Å². The Kier molecular flexibility index (Phi) is 5.20. The van der Waals surface area contributed by atoms with Crippen molar-refractivity contribution in [2.75, 3.05) is 5.43 Å². The molecule has 2 N–H and O–H groups in total. The molecule has 0 unspecified atom stereocenters. The van der Waals surface area contributed by atoms with Crippen LogP contribution in [0.2, 0.25) is 10.0 Å². The summed E-state index contributed by atoms with van der Waals surface area (Å²) < 4.78 is 0. The van der Waals surface area contributed by atoms with Gasteiger partial charge in [-0.3, -0.25) is 15.6 Å². The second-order valence-corrected chi connectivity index (χ2v) is 5.07. The number of benzene rings is 2. The third-order valence-corrected chi connectivity index (χ3v) is 3.12. The average Bonchev–Trinajstić information content (AvgIpc) is 2.45. The Morgan fingerprint density at radius 3 is 2.52 bits per heavy atom. The summed E-state index contributed by atoms with van der Waals surface area (Å²) in [6, 6.07) is 14.1. The van der Waals surface area contributed by atoms with Crippen molar-refractivity contribution in [1.82, 2.24) is 5.43 Å². The highest BCUT2D eigenvalue weighted by molar-refractivity contribution is 6.39. The lowest BCUT2D eigenvalue weighted by Crippen LogP contribution is -2.34. The monoisotopic (exact) mass is 321 g/mol. The summed E-state index contributed by atoms with van der Waals surface area (Å²) in [6.45, 7) is 1.42. The van der Waals surface area contributed by atoms with Gasteiger partial charge in [0.1, 0.15) is 0 Å². The van der Waals surface area contributed by atoms with E-state index in [4.69, 9.17) is 23.2 Å². The highest BCUT2D eigenvalue weighted by atomic mass is 35.5. The Morgan fingerprint density at radius 1 is 1.10 bits per heavy atom. The van der Waals surface area contributed by atoms with E-state index < -0.39 is 0 Å². The van der Waals surface area contributed by atoms with E-state index in [2.05, 4.69) is 15.8 Å². The SMILES string of the molecule is CC(=O)C(=Nc1ccccc1Cl)NNc1cccc(Cl)c1. The van der Waals surface area contributed by atoms with Crippen LogP contribution in [0.4, 0.5) is 11.4 Å². The summed E-state index contributed by atoms with van der Waals surface area (Å²) in [6.07, 6.45) is 0. The summed E-state index contributed by atoms with van der Waals surface area (Å²) >= 11 is 11.9. The lowest BCUT2D eigenvalue weighted by atomic mass is 10.3. The molecule has 2 aromatic carbocycles. The maximum absolute atomic E-state index is 11.6. The molecule has 0 spiro atoms. The molecule has 0 fully saturated rings. The van der Waals surface area contributed by atoms with Crippen LogP contribution in [-0.4, -0.2) is 11.6 Å². The number of para-hydroxylation sites is 1. The zero-order chi connectivity index (χ0) is 15.2. The first-order valence-corrected chi connectivity index (χ1v) is 6.93. The van der Waals surface area contributed by atoms with E-state index in [0.717, 1.165) is 5.69 Å². The summed E-state index contributed by atoms with van der Waals surface area (Å²) in [4.78, 5) is 15.9. The van der Waals surface area contributed by atoms with Crippen molar-refractivity contribution in [2.24, 2.45) is 4.99 Å². The van der Waals surface area contributed by atoms with Crippen LogP contribution in [0, 0.1) is 0 Å². The zero-order valence-electron chi connectivity index (χ0n) is 11.2. The first-order chi connectivity index (χ1) is 10.1. The van der Waals surface area contributed by atoms with Crippen molar-refractivity contribution < 1.29 is 4.79 Å². The van der Waals surface area contributed by atoms with Crippen molar-refractivity contribution in [2.45, 2.75) is 6.92 Å². The molecule has 0 aliphatic carbocycles. The van der Waals surface area contributed by atoms with Crippen LogP contribution < -0.4 is 10.9 Å². The Bertz CT molecular complexity index is 686. The van der Waals surface area contributed by atoms with E-state index in [0.29, 0.717) is 15.7 Å². The van der Waals surface area contributed by atoms with Gasteiger partial charge in [0.25, 0.3) is 0 Å². The number of hydrogen-bond acceptors (Lipinski definition) is 3. The van der Waals surface area contributed by atoms with Gasteiger partial charge < -0.3 is 0 Å². The smallest absolute Gasteiger partial charge is 0.196 e. The van der Waals surface area contributed by atoms with E-state index in [9.17, 15) is 4.79 Å². The number of hydrogen-bond donors (Lipinski definition) is 2. The van der Waals surface area contributed by atoms with Crippen LogP contribution in [0.3, 0.4) is 0 Å². The molecule has 0 saturated heterocycles. The fourth-order valence-electron chi connectivity index (χ4n) is 1.56. The third kappa shape index (κ3) is 4.48. The fraction of sp³-hybridized carbons (Fsp3) is 0.0667. The molecule has 0 aliphatic rings. The van der Waals surface area contributed by atoms with Crippen LogP contribution in [0.15, 0.2) is 53.5 Å². The van der Waals surface area contributed by atoms with Gasteiger partial charge in [-0.2, -0.15) is 0 Å². The Balaban J connectivity index is 2.17. The van der Waals surface area contributed by atoms with Crippen LogP contribution in [0.25, 0.3) is 0 Å².